The molecule has 2 aliphatic heterocycles. The highest BCUT2D eigenvalue weighted by Gasteiger charge is 2.66. The van der Waals surface area contributed by atoms with Crippen molar-refractivity contribution in [3.63, 3.8) is 0 Å². The van der Waals surface area contributed by atoms with Crippen molar-refractivity contribution in [2.45, 2.75) is 56.1 Å². The van der Waals surface area contributed by atoms with E-state index in [9.17, 15) is 4.79 Å². The Balaban J connectivity index is 1.37. The van der Waals surface area contributed by atoms with Crippen LogP contribution in [0, 0.1) is 5.92 Å². The Morgan fingerprint density at radius 2 is 2.12 bits per heavy atom. The molecule has 178 valence electrons. The van der Waals surface area contributed by atoms with Gasteiger partial charge in [-0.25, -0.2) is 0 Å². The summed E-state index contributed by atoms with van der Waals surface area (Å²) < 4.78 is 18.7. The van der Waals surface area contributed by atoms with Gasteiger partial charge in [0.15, 0.2) is 23.4 Å². The van der Waals surface area contributed by atoms with Gasteiger partial charge >= 0.3 is 0 Å². The van der Waals surface area contributed by atoms with Gasteiger partial charge in [-0.15, -0.1) is 6.58 Å². The van der Waals surface area contributed by atoms with Crippen molar-refractivity contribution < 1.29 is 19.0 Å². The van der Waals surface area contributed by atoms with Crippen molar-refractivity contribution >= 4 is 5.78 Å². The zero-order chi connectivity index (χ0) is 23.3. The second kappa shape index (κ2) is 8.46. The Labute approximate surface area is 201 Å². The maximum absolute atomic E-state index is 13.1. The van der Waals surface area contributed by atoms with E-state index < -0.39 is 6.10 Å². The monoisotopic (exact) mass is 459 g/mol. The van der Waals surface area contributed by atoms with Crippen LogP contribution in [0.3, 0.4) is 0 Å². The third-order valence-electron chi connectivity index (χ3n) is 8.59. The molecular formula is C29H33NO4. The number of carbonyl (C=O) groups excluding carboxylic acids is 1. The Kier molecular flexibility index (Phi) is 5.40. The normalized spacial score (nSPS) is 28.7. The molecule has 0 amide bonds. The highest BCUT2D eigenvalue weighted by molar-refractivity contribution is 5.89. The number of ether oxygens (including phenoxy) is 3. The summed E-state index contributed by atoms with van der Waals surface area (Å²) >= 11 is 0. The van der Waals surface area contributed by atoms with E-state index in [1.165, 1.54) is 16.7 Å². The zero-order valence-electron chi connectivity index (χ0n) is 19.9. The van der Waals surface area contributed by atoms with Crippen molar-refractivity contribution in [1.82, 2.24) is 4.90 Å². The number of nitrogens with zero attached hydrogens (tertiary/aromatic N) is 1. The third-order valence-corrected chi connectivity index (χ3v) is 8.59. The predicted octanol–water partition coefficient (Wildman–Crippen LogP) is 4.50. The molecule has 0 radical (unpaired) electrons. The number of Topliss-reactive ketones (excluding diaryl/α,β-unsaturated/α-hetero) is 1. The first kappa shape index (κ1) is 21.7. The smallest absolute Gasteiger partial charge is 0.174 e. The second-order valence-corrected chi connectivity index (χ2v) is 10.2. The summed E-state index contributed by atoms with van der Waals surface area (Å²) in [5, 5.41) is 0. The zero-order valence-corrected chi connectivity index (χ0v) is 19.9. The molecule has 4 aliphatic rings. The van der Waals surface area contributed by atoms with Gasteiger partial charge < -0.3 is 14.2 Å². The van der Waals surface area contributed by atoms with Crippen molar-refractivity contribution in [1.29, 1.82) is 0 Å². The van der Waals surface area contributed by atoms with E-state index in [0.29, 0.717) is 30.7 Å². The van der Waals surface area contributed by atoms with E-state index in [0.717, 1.165) is 56.7 Å². The van der Waals surface area contributed by atoms with Gasteiger partial charge in [0, 0.05) is 41.6 Å². The van der Waals surface area contributed by atoms with Gasteiger partial charge in [0.1, 0.15) is 5.75 Å². The number of carbonyl (C=O) groups is 1. The molecule has 2 aromatic rings. The van der Waals surface area contributed by atoms with Crippen LogP contribution in [0.25, 0.3) is 0 Å². The highest BCUT2D eigenvalue weighted by Crippen LogP contribution is 2.64. The van der Waals surface area contributed by atoms with Gasteiger partial charge in [-0.3, -0.25) is 9.69 Å². The Hall–Kier alpha value is -2.79. The largest absolute Gasteiger partial charge is 0.493 e. The Bertz CT molecular complexity index is 1110. The molecule has 2 aliphatic carbocycles. The van der Waals surface area contributed by atoms with Crippen LogP contribution in [0.5, 0.6) is 17.2 Å². The summed E-state index contributed by atoms with van der Waals surface area (Å²) in [6.45, 7) is 6.48. The molecule has 2 bridgehead atoms. The van der Waals surface area contributed by atoms with E-state index >= 15 is 0 Å². The van der Waals surface area contributed by atoms with Crippen LogP contribution in [0.15, 0.2) is 49.1 Å². The van der Waals surface area contributed by atoms with E-state index in [1.807, 2.05) is 18.2 Å². The average molecular weight is 460 g/mol. The number of piperidine rings is 1. The standard InChI is InChI=1S/C29H33NO4/c1-3-14-30-15-13-29-21-11-12-23(31)28(29)34-27-25(32-2)18-24(20(26(27)29)17-22(21)30)33-16-7-10-19-8-5-4-6-9-19/h3-6,8-9,18,21-22,28H,1,7,10-17H2,2H3/t21-,22+,28-,29-/m0/s1. The fourth-order valence-corrected chi connectivity index (χ4v) is 7.22. The van der Waals surface area contributed by atoms with Crippen molar-refractivity contribution in [3.8, 4) is 17.2 Å². The van der Waals surface area contributed by atoms with E-state index in [2.05, 4.69) is 35.7 Å². The predicted molar refractivity (Wildman–Crippen MR) is 131 cm³/mol. The van der Waals surface area contributed by atoms with Crippen LogP contribution in [0.4, 0.5) is 0 Å². The van der Waals surface area contributed by atoms with Crippen molar-refractivity contribution in [3.05, 3.63) is 65.7 Å². The lowest BCUT2D eigenvalue weighted by molar-refractivity contribution is -0.138. The fraction of sp³-hybridized carbons (Fsp3) is 0.483. The van der Waals surface area contributed by atoms with Gasteiger partial charge in [0.05, 0.1) is 13.7 Å². The van der Waals surface area contributed by atoms with Crippen LogP contribution in [0.1, 0.15) is 42.4 Å². The second-order valence-electron chi connectivity index (χ2n) is 10.2. The number of rotatable bonds is 8. The van der Waals surface area contributed by atoms with Gasteiger partial charge in [-0.05, 0) is 50.1 Å². The number of likely N-dealkylation sites (tertiary alicyclic amines) is 1. The van der Waals surface area contributed by atoms with E-state index in [-0.39, 0.29) is 11.2 Å². The van der Waals surface area contributed by atoms with E-state index in [1.54, 1.807) is 7.11 Å². The fourth-order valence-electron chi connectivity index (χ4n) is 7.22. The highest BCUT2D eigenvalue weighted by atomic mass is 16.5. The summed E-state index contributed by atoms with van der Waals surface area (Å²) in [5.74, 6) is 3.03. The summed E-state index contributed by atoms with van der Waals surface area (Å²) in [6, 6.07) is 12.9. The van der Waals surface area contributed by atoms with Crippen LogP contribution < -0.4 is 14.2 Å². The first-order valence-electron chi connectivity index (χ1n) is 12.6. The molecule has 0 N–H and O–H groups in total. The third kappa shape index (κ3) is 3.13. The van der Waals surface area contributed by atoms with Gasteiger partial charge in [-0.2, -0.15) is 0 Å². The quantitative estimate of drug-likeness (QED) is 0.430. The van der Waals surface area contributed by atoms with Crippen LogP contribution in [-0.4, -0.2) is 49.6 Å². The molecular weight excluding hydrogens is 426 g/mol. The number of aryl methyl sites for hydroxylation is 1. The molecule has 1 spiro atoms. The lowest BCUT2D eigenvalue weighted by Crippen LogP contribution is -2.66. The maximum atomic E-state index is 13.1. The minimum Gasteiger partial charge on any atom is -0.493 e. The molecule has 1 saturated carbocycles. The molecule has 0 unspecified atom stereocenters. The van der Waals surface area contributed by atoms with Gasteiger partial charge in [-0.1, -0.05) is 36.4 Å². The topological polar surface area (TPSA) is 48.0 Å². The van der Waals surface area contributed by atoms with Crippen molar-refractivity contribution in [2.24, 2.45) is 5.92 Å². The minimum absolute atomic E-state index is 0.239. The number of benzene rings is 2. The molecule has 1 saturated heterocycles. The maximum Gasteiger partial charge on any atom is 0.174 e. The molecule has 2 fully saturated rings. The Morgan fingerprint density at radius 3 is 2.91 bits per heavy atom. The number of methoxy groups -OCH3 is 1. The summed E-state index contributed by atoms with van der Waals surface area (Å²) in [4.78, 5) is 15.7. The lowest BCUT2D eigenvalue weighted by Gasteiger charge is -2.57. The summed E-state index contributed by atoms with van der Waals surface area (Å²) in [5.41, 5.74) is 3.51. The molecule has 34 heavy (non-hydrogen) atoms. The van der Waals surface area contributed by atoms with Crippen LogP contribution >= 0.6 is 0 Å². The number of hydrogen-bond acceptors (Lipinski definition) is 5. The molecule has 5 heteroatoms. The molecule has 4 atom stereocenters. The van der Waals surface area contributed by atoms with Gasteiger partial charge in [0.25, 0.3) is 0 Å². The first-order valence-corrected chi connectivity index (χ1v) is 12.6. The number of ketones is 1. The molecule has 5 nitrogen and oxygen atoms in total. The van der Waals surface area contributed by atoms with E-state index in [4.69, 9.17) is 14.2 Å². The molecule has 0 aromatic heterocycles. The average Bonchev–Trinajstić information content (AvgIpc) is 3.21. The van der Waals surface area contributed by atoms with Crippen LogP contribution in [0.2, 0.25) is 0 Å². The SMILES string of the molecule is C=CCN1CC[C@]23c4c5c(OCCCc6ccccc6)cc(OC)c4O[C@H]2C(=O)CC[C@H]3[C@H]1C5. The van der Waals surface area contributed by atoms with Crippen molar-refractivity contribution in [2.75, 3.05) is 26.8 Å². The van der Waals surface area contributed by atoms with Gasteiger partial charge in [0.2, 0.25) is 0 Å². The molecule has 2 aromatic carbocycles. The first-order chi connectivity index (χ1) is 16.7. The molecule has 2 heterocycles. The Morgan fingerprint density at radius 1 is 1.26 bits per heavy atom. The summed E-state index contributed by atoms with van der Waals surface area (Å²) in [7, 11) is 1.68. The molecule has 6 rings (SSSR count). The van der Waals surface area contributed by atoms with Crippen LogP contribution in [-0.2, 0) is 23.1 Å². The lowest BCUT2D eigenvalue weighted by atomic mass is 9.51. The minimum atomic E-state index is -0.393. The summed E-state index contributed by atoms with van der Waals surface area (Å²) in [6.07, 6.45) is 6.93. The number of hydrogen-bond donors (Lipinski definition) is 0.